The molecule has 98 valence electrons. The Labute approximate surface area is 113 Å². The minimum absolute atomic E-state index is 0.246. The topological polar surface area (TPSA) is 32.3 Å². The van der Waals surface area contributed by atoms with Gasteiger partial charge in [0.25, 0.3) is 0 Å². The zero-order chi connectivity index (χ0) is 13.0. The Hall–Kier alpha value is -1.06. The molecule has 0 fully saturated rings. The second kappa shape index (κ2) is 6.21. The Morgan fingerprint density at radius 3 is 3.11 bits per heavy atom. The average Bonchev–Trinajstić information content (AvgIpc) is 2.39. The molecule has 0 radical (unpaired) electrons. The van der Waals surface area contributed by atoms with E-state index in [0.29, 0.717) is 13.0 Å². The molecule has 0 unspecified atom stereocenters. The van der Waals surface area contributed by atoms with Gasteiger partial charge in [-0.3, -0.25) is 4.79 Å². The number of carbonyl (C=O) groups excluding carboxylic acids is 1. The van der Waals surface area contributed by atoms with Crippen molar-refractivity contribution in [3.8, 4) is 0 Å². The van der Waals surface area contributed by atoms with Gasteiger partial charge in [0.1, 0.15) is 0 Å². The van der Waals surface area contributed by atoms with E-state index < -0.39 is 0 Å². The Balaban J connectivity index is 1.97. The summed E-state index contributed by atoms with van der Waals surface area (Å²) in [6.07, 6.45) is 2.39. The first-order valence-electron chi connectivity index (χ1n) is 6.41. The van der Waals surface area contributed by atoms with Crippen molar-refractivity contribution in [2.24, 2.45) is 0 Å². The average molecular weight is 267 g/mol. The number of carbonyl (C=O) groups is 1. The number of benzene rings is 1. The number of hydrogen-bond acceptors (Lipinski definition) is 2. The minimum Gasteiger partial charge on any atom is -0.338 e. The number of rotatable bonds is 4. The largest absolute Gasteiger partial charge is 0.338 e. The second-order valence-electron chi connectivity index (χ2n) is 4.65. The van der Waals surface area contributed by atoms with Gasteiger partial charge < -0.3 is 10.2 Å². The third kappa shape index (κ3) is 3.03. The Morgan fingerprint density at radius 2 is 2.33 bits per heavy atom. The molecule has 1 amide bonds. The van der Waals surface area contributed by atoms with E-state index in [9.17, 15) is 4.79 Å². The molecule has 2 rings (SSSR count). The van der Waals surface area contributed by atoms with Crippen molar-refractivity contribution in [3.63, 3.8) is 0 Å². The van der Waals surface area contributed by atoms with Crippen molar-refractivity contribution in [1.29, 1.82) is 0 Å². The van der Waals surface area contributed by atoms with E-state index >= 15 is 0 Å². The molecule has 1 aromatic rings. The highest BCUT2D eigenvalue weighted by atomic mass is 35.5. The molecule has 0 aromatic heterocycles. The van der Waals surface area contributed by atoms with Crippen LogP contribution in [0.1, 0.15) is 24.0 Å². The predicted octanol–water partition coefficient (Wildman–Crippen LogP) is 2.22. The lowest BCUT2D eigenvalue weighted by Crippen LogP contribution is -2.36. The summed E-state index contributed by atoms with van der Waals surface area (Å²) in [6.45, 7) is 2.38. The van der Waals surface area contributed by atoms with Gasteiger partial charge in [-0.2, -0.15) is 0 Å². The summed E-state index contributed by atoms with van der Waals surface area (Å²) in [5, 5.41) is 3.89. The summed E-state index contributed by atoms with van der Waals surface area (Å²) in [7, 11) is 1.91. The number of halogens is 1. The lowest BCUT2D eigenvalue weighted by atomic mass is 9.99. The molecule has 1 aliphatic heterocycles. The van der Waals surface area contributed by atoms with Crippen LogP contribution in [0.15, 0.2) is 18.2 Å². The van der Waals surface area contributed by atoms with Gasteiger partial charge in [-0.15, -0.1) is 0 Å². The summed E-state index contributed by atoms with van der Waals surface area (Å²) in [5.41, 5.74) is 2.40. The maximum atomic E-state index is 12.0. The molecule has 0 saturated carbocycles. The third-order valence-electron chi connectivity index (χ3n) is 3.38. The van der Waals surface area contributed by atoms with Crippen LogP contribution < -0.4 is 5.32 Å². The second-order valence-corrected chi connectivity index (χ2v) is 5.06. The summed E-state index contributed by atoms with van der Waals surface area (Å²) >= 11 is 6.16. The molecule has 0 spiro atoms. The van der Waals surface area contributed by atoms with Crippen molar-refractivity contribution < 1.29 is 4.79 Å². The first-order valence-corrected chi connectivity index (χ1v) is 6.79. The first kappa shape index (κ1) is 13.4. The van der Waals surface area contributed by atoms with Crippen LogP contribution in [0.4, 0.5) is 0 Å². The van der Waals surface area contributed by atoms with Gasteiger partial charge in [-0.1, -0.05) is 23.7 Å². The van der Waals surface area contributed by atoms with Crippen molar-refractivity contribution in [3.05, 3.63) is 34.3 Å². The summed E-state index contributed by atoms with van der Waals surface area (Å²) < 4.78 is 0. The third-order valence-corrected chi connectivity index (χ3v) is 3.73. The van der Waals surface area contributed by atoms with Crippen LogP contribution >= 0.6 is 11.6 Å². The zero-order valence-electron chi connectivity index (χ0n) is 10.7. The van der Waals surface area contributed by atoms with Crippen LogP contribution in [0.5, 0.6) is 0 Å². The van der Waals surface area contributed by atoms with E-state index in [1.165, 1.54) is 11.1 Å². The van der Waals surface area contributed by atoms with E-state index in [1.807, 2.05) is 24.1 Å². The van der Waals surface area contributed by atoms with Gasteiger partial charge in [0.05, 0.1) is 0 Å². The molecular weight excluding hydrogens is 248 g/mol. The maximum Gasteiger partial charge on any atom is 0.222 e. The Kier molecular flexibility index (Phi) is 4.61. The molecule has 1 aromatic carbocycles. The van der Waals surface area contributed by atoms with Crippen molar-refractivity contribution >= 4 is 17.5 Å². The van der Waals surface area contributed by atoms with Crippen LogP contribution in [0.25, 0.3) is 0 Å². The molecule has 4 heteroatoms. The molecule has 0 aliphatic carbocycles. The van der Waals surface area contributed by atoms with Crippen LogP contribution in [-0.4, -0.2) is 30.9 Å². The number of fused-ring (bicyclic) bond motifs is 1. The van der Waals surface area contributed by atoms with Gasteiger partial charge in [-0.05, 0) is 43.6 Å². The fourth-order valence-electron chi connectivity index (χ4n) is 2.35. The fraction of sp³-hybridized carbons (Fsp3) is 0.500. The summed E-state index contributed by atoms with van der Waals surface area (Å²) in [4.78, 5) is 14.0. The SMILES string of the molecule is CNCCCC(=O)N1CCc2c(Cl)cccc2C1. The minimum atomic E-state index is 0.246. The van der Waals surface area contributed by atoms with Crippen LogP contribution in [0.3, 0.4) is 0 Å². The molecule has 1 N–H and O–H groups in total. The highest BCUT2D eigenvalue weighted by molar-refractivity contribution is 6.31. The molecule has 0 saturated heterocycles. The molecule has 1 heterocycles. The van der Waals surface area contributed by atoms with E-state index in [2.05, 4.69) is 11.4 Å². The molecule has 0 atom stereocenters. The van der Waals surface area contributed by atoms with Gasteiger partial charge in [-0.25, -0.2) is 0 Å². The number of nitrogens with zero attached hydrogens (tertiary/aromatic N) is 1. The molecule has 18 heavy (non-hydrogen) atoms. The first-order chi connectivity index (χ1) is 8.72. The van der Waals surface area contributed by atoms with Gasteiger partial charge >= 0.3 is 0 Å². The van der Waals surface area contributed by atoms with Gasteiger partial charge in [0, 0.05) is 24.5 Å². The molecule has 0 bridgehead atoms. The van der Waals surface area contributed by atoms with Gasteiger partial charge in [0.15, 0.2) is 0 Å². The standard InChI is InChI=1S/C14H19ClN2O/c1-16-8-3-6-14(18)17-9-7-12-11(10-17)4-2-5-13(12)15/h2,4-5,16H,3,6-10H2,1H3. The van der Waals surface area contributed by atoms with Crippen molar-refractivity contribution in [2.45, 2.75) is 25.8 Å². The molecule has 1 aliphatic rings. The van der Waals surface area contributed by atoms with Crippen molar-refractivity contribution in [1.82, 2.24) is 10.2 Å². The van der Waals surface area contributed by atoms with Crippen LogP contribution in [0, 0.1) is 0 Å². The normalized spacial score (nSPS) is 14.4. The lowest BCUT2D eigenvalue weighted by molar-refractivity contribution is -0.132. The van der Waals surface area contributed by atoms with E-state index in [1.54, 1.807) is 0 Å². The summed E-state index contributed by atoms with van der Waals surface area (Å²) in [6, 6.07) is 5.94. The molecular formula is C14H19ClN2O. The number of hydrogen-bond donors (Lipinski definition) is 1. The summed E-state index contributed by atoms with van der Waals surface area (Å²) in [5.74, 6) is 0.246. The monoisotopic (exact) mass is 266 g/mol. The highest BCUT2D eigenvalue weighted by Gasteiger charge is 2.21. The fourth-order valence-corrected chi connectivity index (χ4v) is 2.64. The van der Waals surface area contributed by atoms with Crippen molar-refractivity contribution in [2.75, 3.05) is 20.1 Å². The Bertz CT molecular complexity index is 434. The number of nitrogens with one attached hydrogen (secondary N) is 1. The lowest BCUT2D eigenvalue weighted by Gasteiger charge is -2.29. The van der Waals surface area contributed by atoms with E-state index in [0.717, 1.165) is 31.0 Å². The molecule has 3 nitrogen and oxygen atoms in total. The van der Waals surface area contributed by atoms with Crippen LogP contribution in [-0.2, 0) is 17.8 Å². The predicted molar refractivity (Wildman–Crippen MR) is 73.7 cm³/mol. The zero-order valence-corrected chi connectivity index (χ0v) is 11.5. The van der Waals surface area contributed by atoms with Gasteiger partial charge in [0.2, 0.25) is 5.91 Å². The van der Waals surface area contributed by atoms with Crippen LogP contribution in [0.2, 0.25) is 5.02 Å². The smallest absolute Gasteiger partial charge is 0.222 e. The Morgan fingerprint density at radius 1 is 1.50 bits per heavy atom. The van der Waals surface area contributed by atoms with E-state index in [-0.39, 0.29) is 5.91 Å². The highest BCUT2D eigenvalue weighted by Crippen LogP contribution is 2.26. The maximum absolute atomic E-state index is 12.0. The number of amides is 1. The quantitative estimate of drug-likeness (QED) is 0.848. The van der Waals surface area contributed by atoms with E-state index in [4.69, 9.17) is 11.6 Å².